The molecule has 0 radical (unpaired) electrons. The van der Waals surface area contributed by atoms with Gasteiger partial charge < -0.3 is 15.1 Å². The number of aryl methyl sites for hydroxylation is 2. The highest BCUT2D eigenvalue weighted by Crippen LogP contribution is 2.53. The number of amides is 2. The van der Waals surface area contributed by atoms with Crippen LogP contribution in [0.3, 0.4) is 0 Å². The first kappa shape index (κ1) is 23.8. The predicted molar refractivity (Wildman–Crippen MR) is 138 cm³/mol. The van der Waals surface area contributed by atoms with Crippen molar-refractivity contribution in [3.05, 3.63) is 117 Å². The molecule has 2 aromatic carbocycles. The maximum absolute atomic E-state index is 14.2. The number of furan rings is 1. The average molecular weight is 499 g/mol. The van der Waals surface area contributed by atoms with Crippen LogP contribution in [0.5, 0.6) is 0 Å². The van der Waals surface area contributed by atoms with Crippen LogP contribution < -0.4 is 5.73 Å². The minimum Gasteiger partial charge on any atom is -0.458 e. The topological polar surface area (TPSA) is 93.6 Å². The fourth-order valence-electron chi connectivity index (χ4n) is 5.30. The van der Waals surface area contributed by atoms with Crippen LogP contribution in [-0.2, 0) is 4.79 Å². The lowest BCUT2D eigenvalue weighted by atomic mass is 9.79. The van der Waals surface area contributed by atoms with Gasteiger partial charge in [-0.1, -0.05) is 48.5 Å². The fourth-order valence-corrected chi connectivity index (χ4v) is 6.40. The molecule has 2 N–H and O–H groups in total. The van der Waals surface area contributed by atoms with E-state index in [0.29, 0.717) is 11.3 Å². The van der Waals surface area contributed by atoms with Gasteiger partial charge in [-0.15, -0.1) is 11.3 Å². The molecule has 4 aromatic rings. The van der Waals surface area contributed by atoms with E-state index in [-0.39, 0.29) is 17.5 Å². The van der Waals surface area contributed by atoms with Crippen molar-refractivity contribution in [2.24, 2.45) is 11.7 Å². The van der Waals surface area contributed by atoms with Gasteiger partial charge in [0, 0.05) is 16.4 Å². The van der Waals surface area contributed by atoms with Gasteiger partial charge in [0.15, 0.2) is 5.76 Å². The van der Waals surface area contributed by atoms with Crippen molar-refractivity contribution >= 4 is 28.9 Å². The van der Waals surface area contributed by atoms with Crippen molar-refractivity contribution in [1.82, 2.24) is 4.90 Å². The molecule has 2 aromatic heterocycles. The van der Waals surface area contributed by atoms with Crippen LogP contribution in [0, 0.1) is 19.8 Å². The maximum Gasteiger partial charge on any atom is 0.255 e. The van der Waals surface area contributed by atoms with E-state index in [1.807, 2.05) is 54.8 Å². The molecule has 182 valence electrons. The molecular formula is C29H26N2O4S. The maximum atomic E-state index is 14.2. The first-order valence-electron chi connectivity index (χ1n) is 11.7. The predicted octanol–water partition coefficient (Wildman–Crippen LogP) is 5.29. The molecule has 3 heterocycles. The van der Waals surface area contributed by atoms with Gasteiger partial charge in [0.2, 0.25) is 11.7 Å². The number of benzene rings is 2. The number of ketones is 1. The number of thiophene rings is 1. The van der Waals surface area contributed by atoms with E-state index in [1.165, 1.54) is 16.2 Å². The molecule has 5 rings (SSSR count). The summed E-state index contributed by atoms with van der Waals surface area (Å²) in [7, 11) is 0. The number of likely N-dealkylation sites (tertiary alicyclic amines) is 1. The summed E-state index contributed by atoms with van der Waals surface area (Å²) in [5.41, 5.74) is 8.16. The normalized spacial score (nSPS) is 21.4. The third kappa shape index (κ3) is 4.05. The largest absolute Gasteiger partial charge is 0.458 e. The molecule has 7 heteroatoms. The van der Waals surface area contributed by atoms with E-state index in [4.69, 9.17) is 10.2 Å². The Morgan fingerprint density at radius 2 is 1.56 bits per heavy atom. The van der Waals surface area contributed by atoms with Crippen LogP contribution in [0.1, 0.15) is 54.6 Å². The van der Waals surface area contributed by atoms with Crippen LogP contribution in [0.2, 0.25) is 0 Å². The summed E-state index contributed by atoms with van der Waals surface area (Å²) < 4.78 is 5.75. The standard InChI is InChI=1S/C29H26N2O4S/c1-17-15-16-36-27(17)23-22(26(32)21-14-13-18(2)35-21)24(19-9-5-3-6-10-19)31(25(23)28(30)33)29(34)20-11-7-4-8-12-20/h3-16,22-25H,1-2H3,(H2,30,33). The third-order valence-electron chi connectivity index (χ3n) is 6.84. The molecule has 1 aliphatic heterocycles. The quantitative estimate of drug-likeness (QED) is 0.366. The van der Waals surface area contributed by atoms with Crippen molar-refractivity contribution in [2.45, 2.75) is 31.8 Å². The van der Waals surface area contributed by atoms with Crippen molar-refractivity contribution in [1.29, 1.82) is 0 Å². The summed E-state index contributed by atoms with van der Waals surface area (Å²) in [5, 5.41) is 1.93. The zero-order valence-corrected chi connectivity index (χ0v) is 20.8. The van der Waals surface area contributed by atoms with E-state index in [1.54, 1.807) is 43.3 Å². The van der Waals surface area contributed by atoms with Crippen molar-refractivity contribution in [3.63, 3.8) is 0 Å². The van der Waals surface area contributed by atoms with E-state index < -0.39 is 29.8 Å². The van der Waals surface area contributed by atoms with Gasteiger partial charge >= 0.3 is 0 Å². The summed E-state index contributed by atoms with van der Waals surface area (Å²) in [6, 6.07) is 21.7. The van der Waals surface area contributed by atoms with Crippen molar-refractivity contribution in [3.8, 4) is 0 Å². The molecule has 2 amide bonds. The van der Waals surface area contributed by atoms with E-state index >= 15 is 0 Å². The number of Topliss-reactive ketones (excluding diaryl/α,β-unsaturated/α-hetero) is 1. The summed E-state index contributed by atoms with van der Waals surface area (Å²) in [6.45, 7) is 3.72. The molecule has 0 spiro atoms. The third-order valence-corrected chi connectivity index (χ3v) is 7.97. The molecule has 0 saturated carbocycles. The van der Waals surface area contributed by atoms with Gasteiger partial charge in [-0.3, -0.25) is 14.4 Å². The first-order valence-corrected chi connectivity index (χ1v) is 12.6. The van der Waals surface area contributed by atoms with Gasteiger partial charge in [0.25, 0.3) is 5.91 Å². The molecule has 0 aliphatic carbocycles. The lowest BCUT2D eigenvalue weighted by Gasteiger charge is -2.30. The molecule has 1 fully saturated rings. The number of hydrogen-bond donors (Lipinski definition) is 1. The monoisotopic (exact) mass is 498 g/mol. The van der Waals surface area contributed by atoms with Crippen molar-refractivity contribution < 1.29 is 18.8 Å². The summed E-state index contributed by atoms with van der Waals surface area (Å²) in [6.07, 6.45) is 0. The minimum atomic E-state index is -1.02. The zero-order valence-electron chi connectivity index (χ0n) is 20.0. The summed E-state index contributed by atoms with van der Waals surface area (Å²) >= 11 is 1.47. The molecule has 0 bridgehead atoms. The molecule has 1 aliphatic rings. The molecule has 4 atom stereocenters. The summed E-state index contributed by atoms with van der Waals surface area (Å²) in [5.74, 6) is -1.85. The highest BCUT2D eigenvalue weighted by atomic mass is 32.1. The Balaban J connectivity index is 1.77. The van der Waals surface area contributed by atoms with Gasteiger partial charge in [-0.05, 0) is 60.7 Å². The summed E-state index contributed by atoms with van der Waals surface area (Å²) in [4.78, 5) is 43.7. The molecule has 4 unspecified atom stereocenters. The van der Waals surface area contributed by atoms with Gasteiger partial charge in [-0.2, -0.15) is 0 Å². The Morgan fingerprint density at radius 3 is 2.11 bits per heavy atom. The number of hydrogen-bond acceptors (Lipinski definition) is 5. The number of rotatable bonds is 6. The fraction of sp³-hybridized carbons (Fsp3) is 0.207. The minimum absolute atomic E-state index is 0.204. The highest BCUT2D eigenvalue weighted by Gasteiger charge is 2.58. The SMILES string of the molecule is Cc1ccc(C(=O)C2C(c3sccc3C)C(C(N)=O)N(C(=O)c3ccccc3)C2c2ccccc2)o1. The lowest BCUT2D eigenvalue weighted by Crippen LogP contribution is -2.46. The zero-order chi connectivity index (χ0) is 25.4. The number of carbonyl (C=O) groups is 3. The second-order valence-electron chi connectivity index (χ2n) is 9.08. The highest BCUT2D eigenvalue weighted by molar-refractivity contribution is 7.10. The van der Waals surface area contributed by atoms with Crippen molar-refractivity contribution in [2.75, 3.05) is 0 Å². The van der Waals surface area contributed by atoms with E-state index in [9.17, 15) is 14.4 Å². The van der Waals surface area contributed by atoms with Gasteiger partial charge in [0.05, 0.1) is 12.0 Å². The smallest absolute Gasteiger partial charge is 0.255 e. The molecule has 1 saturated heterocycles. The van der Waals surface area contributed by atoms with Crippen LogP contribution in [0.15, 0.2) is 88.7 Å². The van der Waals surface area contributed by atoms with E-state index in [2.05, 4.69) is 0 Å². The first-order chi connectivity index (χ1) is 17.4. The Kier molecular flexibility index (Phi) is 6.33. The number of carbonyl (C=O) groups excluding carboxylic acids is 3. The second kappa shape index (κ2) is 9.59. The second-order valence-corrected chi connectivity index (χ2v) is 10.0. The average Bonchev–Trinajstić information content (AvgIpc) is 3.60. The van der Waals surface area contributed by atoms with E-state index in [0.717, 1.165) is 16.0 Å². The van der Waals surface area contributed by atoms with Crippen LogP contribution in [-0.4, -0.2) is 28.5 Å². The van der Waals surface area contributed by atoms with Crippen LogP contribution in [0.25, 0.3) is 0 Å². The van der Waals surface area contributed by atoms with Crippen LogP contribution in [0.4, 0.5) is 0 Å². The Morgan fingerprint density at radius 1 is 0.889 bits per heavy atom. The lowest BCUT2D eigenvalue weighted by molar-refractivity contribution is -0.122. The Labute approximate surface area is 213 Å². The Bertz CT molecular complexity index is 1410. The molecule has 36 heavy (non-hydrogen) atoms. The van der Waals surface area contributed by atoms with Gasteiger partial charge in [-0.25, -0.2) is 0 Å². The molecule has 6 nitrogen and oxygen atoms in total. The number of nitrogens with two attached hydrogens (primary N) is 1. The number of nitrogens with zero attached hydrogens (tertiary/aromatic N) is 1. The van der Waals surface area contributed by atoms with Gasteiger partial charge in [0.1, 0.15) is 11.8 Å². The Hall–Kier alpha value is -3.97. The van der Waals surface area contributed by atoms with Crippen LogP contribution >= 0.6 is 11.3 Å². The molecular weight excluding hydrogens is 472 g/mol. The number of primary amides is 1.